The molecule has 1 fully saturated rings. The zero-order valence-corrected chi connectivity index (χ0v) is 7.74. The zero-order chi connectivity index (χ0) is 9.52. The number of nitrogens with one attached hydrogen (secondary N) is 1. The smallest absolute Gasteiger partial charge is 0.293 e. The van der Waals surface area contributed by atoms with Crippen molar-refractivity contribution >= 4 is 6.47 Å². The van der Waals surface area contributed by atoms with E-state index in [1.807, 2.05) is 0 Å². The van der Waals surface area contributed by atoms with Gasteiger partial charge in [0, 0.05) is 12.6 Å². The van der Waals surface area contributed by atoms with E-state index in [-0.39, 0.29) is 0 Å². The van der Waals surface area contributed by atoms with Crippen LogP contribution in [0.3, 0.4) is 0 Å². The van der Waals surface area contributed by atoms with Gasteiger partial charge in [-0.3, -0.25) is 21.0 Å². The lowest BCUT2D eigenvalue weighted by Crippen LogP contribution is -2.45. The molecule has 5 nitrogen and oxygen atoms in total. The molecule has 5 heteroatoms. The number of ether oxygens (including phenoxy) is 1. The Hall–Kier alpha value is -0.650. The number of carbonyl (C=O) groups is 1. The second-order valence-electron chi connectivity index (χ2n) is 3.25. The van der Waals surface area contributed by atoms with Gasteiger partial charge in [0.1, 0.15) is 6.61 Å². The second kappa shape index (κ2) is 5.90. The van der Waals surface area contributed by atoms with Gasteiger partial charge in [-0.2, -0.15) is 0 Å². The quantitative estimate of drug-likeness (QED) is 0.252. The summed E-state index contributed by atoms with van der Waals surface area (Å²) < 4.78 is 4.63. The Morgan fingerprint density at radius 3 is 2.77 bits per heavy atom. The number of rotatable bonds is 5. The summed E-state index contributed by atoms with van der Waals surface area (Å²) in [4.78, 5) is 12.2. The van der Waals surface area contributed by atoms with Gasteiger partial charge in [0.05, 0.1) is 0 Å². The van der Waals surface area contributed by atoms with Gasteiger partial charge in [0.2, 0.25) is 0 Å². The number of likely N-dealkylation sites (tertiary alicyclic amines) is 1. The maximum Gasteiger partial charge on any atom is 0.293 e. The van der Waals surface area contributed by atoms with Crippen molar-refractivity contribution in [1.29, 1.82) is 0 Å². The molecule has 3 N–H and O–H groups in total. The Bertz CT molecular complexity index is 146. The molecule has 0 spiro atoms. The van der Waals surface area contributed by atoms with Crippen LogP contribution >= 0.6 is 0 Å². The third-order valence-electron chi connectivity index (χ3n) is 2.42. The Labute approximate surface area is 78.2 Å². The fraction of sp³-hybridized carbons (Fsp3) is 0.875. The van der Waals surface area contributed by atoms with E-state index in [9.17, 15) is 4.79 Å². The summed E-state index contributed by atoms with van der Waals surface area (Å²) in [6.07, 6.45) is 2.13. The van der Waals surface area contributed by atoms with E-state index in [1.165, 1.54) is 0 Å². The predicted octanol–water partition coefficient (Wildman–Crippen LogP) is -0.913. The van der Waals surface area contributed by atoms with Crippen molar-refractivity contribution < 1.29 is 9.53 Å². The van der Waals surface area contributed by atoms with E-state index in [0.29, 0.717) is 19.1 Å². The van der Waals surface area contributed by atoms with Crippen molar-refractivity contribution in [2.75, 3.05) is 26.2 Å². The van der Waals surface area contributed by atoms with Crippen molar-refractivity contribution in [2.45, 2.75) is 18.9 Å². The first-order valence-corrected chi connectivity index (χ1v) is 4.60. The average molecular weight is 187 g/mol. The summed E-state index contributed by atoms with van der Waals surface area (Å²) >= 11 is 0. The summed E-state index contributed by atoms with van der Waals surface area (Å²) in [6.45, 7) is 3.86. The molecule has 1 rings (SSSR count). The number of hydrogen-bond acceptors (Lipinski definition) is 5. The third kappa shape index (κ3) is 3.71. The molecule has 0 saturated carbocycles. The van der Waals surface area contributed by atoms with Gasteiger partial charge in [-0.05, 0) is 25.9 Å². The number of nitrogens with two attached hydrogens (primary N) is 1. The Kier molecular flexibility index (Phi) is 4.74. The second-order valence-corrected chi connectivity index (χ2v) is 3.25. The molecule has 0 aromatic heterocycles. The monoisotopic (exact) mass is 187 g/mol. The molecule has 1 aliphatic rings. The summed E-state index contributed by atoms with van der Waals surface area (Å²) in [7, 11) is 0. The number of piperidine rings is 1. The van der Waals surface area contributed by atoms with E-state index < -0.39 is 0 Å². The first kappa shape index (κ1) is 10.4. The molecule has 0 aromatic carbocycles. The van der Waals surface area contributed by atoms with Crippen LogP contribution < -0.4 is 11.3 Å². The third-order valence-corrected chi connectivity index (χ3v) is 2.42. The summed E-state index contributed by atoms with van der Waals surface area (Å²) in [5, 5.41) is 0. The van der Waals surface area contributed by atoms with E-state index in [2.05, 4.69) is 15.1 Å². The van der Waals surface area contributed by atoms with Gasteiger partial charge < -0.3 is 4.74 Å². The molecule has 0 amide bonds. The van der Waals surface area contributed by atoms with Crippen molar-refractivity contribution in [1.82, 2.24) is 10.3 Å². The van der Waals surface area contributed by atoms with Crippen molar-refractivity contribution in [3.05, 3.63) is 0 Å². The van der Waals surface area contributed by atoms with Crippen molar-refractivity contribution in [3.63, 3.8) is 0 Å². The Balaban J connectivity index is 2.06. The Morgan fingerprint density at radius 1 is 1.54 bits per heavy atom. The molecule has 0 aliphatic carbocycles. The summed E-state index contributed by atoms with van der Waals surface area (Å²) in [5.74, 6) is 5.33. The fourth-order valence-corrected chi connectivity index (χ4v) is 1.55. The van der Waals surface area contributed by atoms with Crippen LogP contribution in [0.4, 0.5) is 0 Å². The molecule has 0 radical (unpaired) electrons. The van der Waals surface area contributed by atoms with Crippen LogP contribution in [0, 0.1) is 0 Å². The van der Waals surface area contributed by atoms with Gasteiger partial charge >= 0.3 is 0 Å². The molecule has 0 bridgehead atoms. The normalized spacial score (nSPS) is 20.1. The predicted molar refractivity (Wildman–Crippen MR) is 48.8 cm³/mol. The maximum atomic E-state index is 9.88. The first-order chi connectivity index (χ1) is 6.36. The number of hydrogen-bond donors (Lipinski definition) is 2. The lowest BCUT2D eigenvalue weighted by atomic mass is 10.1. The lowest BCUT2D eigenvalue weighted by molar-refractivity contribution is -0.129. The number of nitrogens with zero attached hydrogens (tertiary/aromatic N) is 1. The van der Waals surface area contributed by atoms with Gasteiger partial charge in [-0.1, -0.05) is 0 Å². The molecule has 13 heavy (non-hydrogen) atoms. The highest BCUT2D eigenvalue weighted by atomic mass is 16.5. The highest BCUT2D eigenvalue weighted by Crippen LogP contribution is 2.08. The van der Waals surface area contributed by atoms with Gasteiger partial charge in [-0.15, -0.1) is 0 Å². The summed E-state index contributed by atoms with van der Waals surface area (Å²) in [6, 6.07) is 0.447. The highest BCUT2D eigenvalue weighted by Gasteiger charge is 2.17. The number of carbonyl (C=O) groups excluding carboxylic acids is 1. The topological polar surface area (TPSA) is 67.6 Å². The molecular weight excluding hydrogens is 170 g/mol. The van der Waals surface area contributed by atoms with Crippen LogP contribution in [0.1, 0.15) is 12.8 Å². The van der Waals surface area contributed by atoms with Crippen molar-refractivity contribution in [3.8, 4) is 0 Å². The van der Waals surface area contributed by atoms with E-state index >= 15 is 0 Å². The first-order valence-electron chi connectivity index (χ1n) is 4.60. The largest absolute Gasteiger partial charge is 0.467 e. The van der Waals surface area contributed by atoms with Crippen LogP contribution in [0.15, 0.2) is 0 Å². The molecule has 0 atom stereocenters. The van der Waals surface area contributed by atoms with Crippen LogP contribution in [0.25, 0.3) is 0 Å². The minimum atomic E-state index is 0.447. The van der Waals surface area contributed by atoms with Gasteiger partial charge in [0.25, 0.3) is 6.47 Å². The molecule has 76 valence electrons. The molecule has 1 heterocycles. The minimum Gasteiger partial charge on any atom is -0.467 e. The van der Waals surface area contributed by atoms with E-state index in [0.717, 1.165) is 32.5 Å². The lowest BCUT2D eigenvalue weighted by Gasteiger charge is -2.30. The average Bonchev–Trinajstić information content (AvgIpc) is 2.19. The van der Waals surface area contributed by atoms with Crippen LogP contribution in [-0.4, -0.2) is 43.7 Å². The molecule has 1 saturated heterocycles. The molecule has 0 unspecified atom stereocenters. The number of hydrazine groups is 1. The minimum absolute atomic E-state index is 0.447. The molecular formula is C8H17N3O2. The van der Waals surface area contributed by atoms with Crippen LogP contribution in [0.2, 0.25) is 0 Å². The highest BCUT2D eigenvalue weighted by molar-refractivity contribution is 5.36. The van der Waals surface area contributed by atoms with Gasteiger partial charge in [0.15, 0.2) is 0 Å². The van der Waals surface area contributed by atoms with Crippen molar-refractivity contribution in [2.24, 2.45) is 5.84 Å². The van der Waals surface area contributed by atoms with Crippen LogP contribution in [0.5, 0.6) is 0 Å². The molecule has 0 aromatic rings. The SMILES string of the molecule is NNC1CCN(CCOC=O)CC1. The van der Waals surface area contributed by atoms with E-state index in [1.54, 1.807) is 0 Å². The maximum absolute atomic E-state index is 9.88. The zero-order valence-electron chi connectivity index (χ0n) is 7.74. The fourth-order valence-electron chi connectivity index (χ4n) is 1.55. The summed E-state index contributed by atoms with van der Waals surface area (Å²) in [5.41, 5.74) is 2.78. The van der Waals surface area contributed by atoms with Gasteiger partial charge in [-0.25, -0.2) is 0 Å². The van der Waals surface area contributed by atoms with Crippen LogP contribution in [-0.2, 0) is 9.53 Å². The van der Waals surface area contributed by atoms with E-state index in [4.69, 9.17) is 5.84 Å². The standard InChI is InChI=1S/C8H17N3O2/c9-10-8-1-3-11(4-2-8)5-6-13-7-12/h7-8,10H,1-6,9H2. The molecule has 1 aliphatic heterocycles. The Morgan fingerprint density at radius 2 is 2.23 bits per heavy atom.